The molecular formula is C18H16O5. The fraction of sp³-hybridized carbons (Fsp3) is 0.111. The highest BCUT2D eigenvalue weighted by Gasteiger charge is 2.07. The smallest absolute Gasteiger partial charge is 0.335 e. The first kappa shape index (κ1) is 16.3. The van der Waals surface area contributed by atoms with E-state index in [0.717, 1.165) is 5.56 Å². The van der Waals surface area contributed by atoms with E-state index in [9.17, 15) is 9.59 Å². The molecule has 118 valence electrons. The normalized spacial score (nSPS) is 10.5. The van der Waals surface area contributed by atoms with Crippen LogP contribution in [0.15, 0.2) is 48.5 Å². The van der Waals surface area contributed by atoms with E-state index in [4.69, 9.17) is 14.6 Å². The molecule has 0 spiro atoms. The predicted molar refractivity (Wildman–Crippen MR) is 86.3 cm³/mol. The number of ether oxygens (including phenoxy) is 2. The van der Waals surface area contributed by atoms with Gasteiger partial charge < -0.3 is 14.6 Å². The zero-order valence-electron chi connectivity index (χ0n) is 12.8. The zero-order valence-corrected chi connectivity index (χ0v) is 12.8. The van der Waals surface area contributed by atoms with Gasteiger partial charge >= 0.3 is 5.97 Å². The maximum atomic E-state index is 12.1. The Labute approximate surface area is 133 Å². The second-order valence-corrected chi connectivity index (χ2v) is 4.69. The van der Waals surface area contributed by atoms with Crippen LogP contribution in [0, 0.1) is 0 Å². The molecule has 0 heterocycles. The van der Waals surface area contributed by atoms with E-state index in [2.05, 4.69) is 0 Å². The summed E-state index contributed by atoms with van der Waals surface area (Å²) in [5.41, 5.74) is 1.30. The number of rotatable bonds is 6. The van der Waals surface area contributed by atoms with Crippen molar-refractivity contribution >= 4 is 17.8 Å². The standard InChI is InChI=1S/C18H16O5/c1-22-15-9-7-13(17(11-15)23-2)8-10-16(19)12-3-5-14(6-4-12)18(20)21/h3-11H,1-2H3,(H,20,21)/b10-8+. The third-order valence-corrected chi connectivity index (χ3v) is 3.27. The summed E-state index contributed by atoms with van der Waals surface area (Å²) in [5.74, 6) is 0.00605. The average Bonchev–Trinajstić information content (AvgIpc) is 2.59. The van der Waals surface area contributed by atoms with Crippen molar-refractivity contribution in [3.63, 3.8) is 0 Å². The molecule has 0 aromatic heterocycles. The van der Waals surface area contributed by atoms with Crippen molar-refractivity contribution < 1.29 is 24.2 Å². The van der Waals surface area contributed by atoms with Crippen LogP contribution in [0.25, 0.3) is 6.08 Å². The Morgan fingerprint density at radius 3 is 2.17 bits per heavy atom. The van der Waals surface area contributed by atoms with Gasteiger partial charge in [-0.25, -0.2) is 4.79 Å². The Kier molecular flexibility index (Phi) is 5.15. The first-order valence-electron chi connectivity index (χ1n) is 6.83. The first-order chi connectivity index (χ1) is 11.0. The van der Waals surface area contributed by atoms with Crippen LogP contribution in [0.3, 0.4) is 0 Å². The van der Waals surface area contributed by atoms with Gasteiger partial charge in [0.15, 0.2) is 5.78 Å². The molecule has 1 N–H and O–H groups in total. The second-order valence-electron chi connectivity index (χ2n) is 4.69. The topological polar surface area (TPSA) is 72.8 Å². The van der Waals surface area contributed by atoms with E-state index in [1.165, 1.54) is 30.3 Å². The molecule has 0 aliphatic rings. The molecule has 23 heavy (non-hydrogen) atoms. The molecule has 0 atom stereocenters. The minimum Gasteiger partial charge on any atom is -0.497 e. The molecule has 2 aromatic carbocycles. The number of carbonyl (C=O) groups is 2. The number of allylic oxidation sites excluding steroid dienone is 1. The Hall–Kier alpha value is -3.08. The van der Waals surface area contributed by atoms with E-state index in [1.807, 2.05) is 0 Å². The molecule has 5 heteroatoms. The molecule has 0 bridgehead atoms. The Balaban J connectivity index is 2.19. The summed E-state index contributed by atoms with van der Waals surface area (Å²) in [7, 11) is 3.10. The number of methoxy groups -OCH3 is 2. The van der Waals surface area contributed by atoms with Gasteiger partial charge in [-0.05, 0) is 36.4 Å². The Morgan fingerprint density at radius 2 is 1.61 bits per heavy atom. The van der Waals surface area contributed by atoms with Crippen LogP contribution in [0.2, 0.25) is 0 Å². The molecule has 0 fully saturated rings. The van der Waals surface area contributed by atoms with Gasteiger partial charge in [0.25, 0.3) is 0 Å². The highest BCUT2D eigenvalue weighted by Crippen LogP contribution is 2.25. The summed E-state index contributed by atoms with van der Waals surface area (Å²) >= 11 is 0. The van der Waals surface area contributed by atoms with Crippen molar-refractivity contribution in [1.29, 1.82) is 0 Å². The lowest BCUT2D eigenvalue weighted by atomic mass is 10.1. The van der Waals surface area contributed by atoms with Crippen molar-refractivity contribution in [3.8, 4) is 11.5 Å². The van der Waals surface area contributed by atoms with E-state index >= 15 is 0 Å². The number of benzene rings is 2. The van der Waals surface area contributed by atoms with E-state index in [0.29, 0.717) is 17.1 Å². The molecular weight excluding hydrogens is 296 g/mol. The van der Waals surface area contributed by atoms with Crippen molar-refractivity contribution in [1.82, 2.24) is 0 Å². The van der Waals surface area contributed by atoms with E-state index in [1.54, 1.807) is 38.5 Å². The number of ketones is 1. The fourth-order valence-corrected chi connectivity index (χ4v) is 1.99. The number of aromatic carboxylic acids is 1. The van der Waals surface area contributed by atoms with Gasteiger partial charge in [-0.1, -0.05) is 12.1 Å². The quantitative estimate of drug-likeness (QED) is 0.654. The van der Waals surface area contributed by atoms with Gasteiger partial charge in [0, 0.05) is 17.2 Å². The van der Waals surface area contributed by atoms with Crippen LogP contribution < -0.4 is 9.47 Å². The summed E-state index contributed by atoms with van der Waals surface area (Å²) in [6.07, 6.45) is 3.06. The van der Waals surface area contributed by atoms with Gasteiger partial charge in [0.05, 0.1) is 19.8 Å². The third kappa shape index (κ3) is 3.97. The van der Waals surface area contributed by atoms with Crippen molar-refractivity contribution in [3.05, 3.63) is 65.2 Å². The number of carbonyl (C=O) groups excluding carboxylic acids is 1. The van der Waals surface area contributed by atoms with Gasteiger partial charge in [-0.3, -0.25) is 4.79 Å². The summed E-state index contributed by atoms with van der Waals surface area (Å²) in [4.78, 5) is 22.9. The Bertz CT molecular complexity index is 745. The lowest BCUT2D eigenvalue weighted by Gasteiger charge is -2.07. The van der Waals surface area contributed by atoms with Crippen LogP contribution in [0.4, 0.5) is 0 Å². The average molecular weight is 312 g/mol. The second kappa shape index (κ2) is 7.26. The number of carboxylic acid groups (broad SMARTS) is 1. The zero-order chi connectivity index (χ0) is 16.8. The van der Waals surface area contributed by atoms with E-state index < -0.39 is 5.97 Å². The van der Waals surface area contributed by atoms with Crippen LogP contribution in [-0.2, 0) is 0 Å². The van der Waals surface area contributed by atoms with Gasteiger partial charge in [0.1, 0.15) is 11.5 Å². The maximum absolute atomic E-state index is 12.1. The summed E-state index contributed by atoms with van der Waals surface area (Å²) in [5, 5.41) is 8.84. The molecule has 0 saturated carbocycles. The third-order valence-electron chi connectivity index (χ3n) is 3.27. The number of hydrogen-bond donors (Lipinski definition) is 1. The molecule has 2 rings (SSSR count). The summed E-state index contributed by atoms with van der Waals surface area (Å²) in [6, 6.07) is 11.1. The minimum absolute atomic E-state index is 0.141. The van der Waals surface area contributed by atoms with Crippen molar-refractivity contribution in [2.45, 2.75) is 0 Å². The lowest BCUT2D eigenvalue weighted by Crippen LogP contribution is -1.99. The SMILES string of the molecule is COc1ccc(/C=C/C(=O)c2ccc(C(=O)O)cc2)c(OC)c1. The van der Waals surface area contributed by atoms with Crippen LogP contribution >= 0.6 is 0 Å². The highest BCUT2D eigenvalue weighted by atomic mass is 16.5. The molecule has 2 aromatic rings. The minimum atomic E-state index is -1.03. The van der Waals surface area contributed by atoms with Crippen LogP contribution in [0.5, 0.6) is 11.5 Å². The molecule has 0 aliphatic heterocycles. The molecule has 0 amide bonds. The molecule has 0 saturated heterocycles. The summed E-state index contributed by atoms with van der Waals surface area (Å²) < 4.78 is 10.4. The lowest BCUT2D eigenvalue weighted by molar-refractivity contribution is 0.0696. The molecule has 0 unspecified atom stereocenters. The first-order valence-corrected chi connectivity index (χ1v) is 6.83. The van der Waals surface area contributed by atoms with Crippen LogP contribution in [-0.4, -0.2) is 31.1 Å². The maximum Gasteiger partial charge on any atom is 0.335 e. The molecule has 5 nitrogen and oxygen atoms in total. The highest BCUT2D eigenvalue weighted by molar-refractivity contribution is 6.07. The molecule has 0 aliphatic carbocycles. The summed E-state index contributed by atoms with van der Waals surface area (Å²) in [6.45, 7) is 0. The fourth-order valence-electron chi connectivity index (χ4n) is 1.99. The van der Waals surface area contributed by atoms with Gasteiger partial charge in [-0.2, -0.15) is 0 Å². The van der Waals surface area contributed by atoms with Crippen LogP contribution in [0.1, 0.15) is 26.3 Å². The number of hydrogen-bond acceptors (Lipinski definition) is 4. The van der Waals surface area contributed by atoms with Crippen molar-refractivity contribution in [2.75, 3.05) is 14.2 Å². The Morgan fingerprint density at radius 1 is 0.957 bits per heavy atom. The largest absolute Gasteiger partial charge is 0.497 e. The number of carboxylic acids is 1. The predicted octanol–water partition coefficient (Wildman–Crippen LogP) is 3.30. The molecule has 0 radical (unpaired) electrons. The van der Waals surface area contributed by atoms with Gasteiger partial charge in [0.2, 0.25) is 0 Å². The van der Waals surface area contributed by atoms with E-state index in [-0.39, 0.29) is 11.3 Å². The monoisotopic (exact) mass is 312 g/mol. The van der Waals surface area contributed by atoms with Gasteiger partial charge in [-0.15, -0.1) is 0 Å². The van der Waals surface area contributed by atoms with Crippen molar-refractivity contribution in [2.24, 2.45) is 0 Å².